The molecule has 0 aromatic carbocycles. The van der Waals surface area contributed by atoms with Crippen molar-refractivity contribution >= 4 is 0 Å². The summed E-state index contributed by atoms with van der Waals surface area (Å²) >= 11 is 0. The number of allylic oxidation sites excluding steroid dienone is 1. The van der Waals surface area contributed by atoms with Crippen LogP contribution >= 0.6 is 0 Å². The van der Waals surface area contributed by atoms with E-state index in [1.807, 2.05) is 6.08 Å². The van der Waals surface area contributed by atoms with Crippen LogP contribution < -0.4 is 0 Å². The minimum absolute atomic E-state index is 0.0527. The van der Waals surface area contributed by atoms with Gasteiger partial charge in [0.2, 0.25) is 6.43 Å². The molecule has 0 nitrogen and oxygen atoms in total. The van der Waals surface area contributed by atoms with Crippen LogP contribution in [0.4, 0.5) is 8.78 Å². The average molecular weight is 148 g/mol. The van der Waals surface area contributed by atoms with Gasteiger partial charge in [-0.1, -0.05) is 12.5 Å². The van der Waals surface area contributed by atoms with E-state index < -0.39 is 6.43 Å². The summed E-state index contributed by atoms with van der Waals surface area (Å²) in [6.45, 7) is 3.55. The van der Waals surface area contributed by atoms with Crippen LogP contribution in [0.1, 0.15) is 32.1 Å². The molecule has 0 spiro atoms. The highest BCUT2D eigenvalue weighted by Crippen LogP contribution is 2.08. The Morgan fingerprint density at radius 1 is 1.20 bits per heavy atom. The minimum atomic E-state index is -2.12. The monoisotopic (exact) mass is 148 g/mol. The molecule has 0 aliphatic heterocycles. The van der Waals surface area contributed by atoms with E-state index in [9.17, 15) is 8.78 Å². The second-order valence-electron chi connectivity index (χ2n) is 2.32. The lowest BCUT2D eigenvalue weighted by molar-refractivity contribution is 0.134. The second-order valence-corrected chi connectivity index (χ2v) is 2.32. The van der Waals surface area contributed by atoms with E-state index in [4.69, 9.17) is 0 Å². The normalized spacial score (nSPS) is 10.3. The molecule has 0 unspecified atom stereocenters. The zero-order valence-electron chi connectivity index (χ0n) is 6.15. The van der Waals surface area contributed by atoms with Crippen molar-refractivity contribution in [2.45, 2.75) is 38.5 Å². The quantitative estimate of drug-likeness (QED) is 0.400. The Morgan fingerprint density at radius 2 is 1.90 bits per heavy atom. The van der Waals surface area contributed by atoms with Crippen molar-refractivity contribution in [3.63, 3.8) is 0 Å². The molecular weight excluding hydrogens is 134 g/mol. The van der Waals surface area contributed by atoms with Crippen molar-refractivity contribution in [2.75, 3.05) is 0 Å². The van der Waals surface area contributed by atoms with Gasteiger partial charge in [0.25, 0.3) is 0 Å². The summed E-state index contributed by atoms with van der Waals surface area (Å²) in [5, 5.41) is 0. The molecule has 60 valence electrons. The van der Waals surface area contributed by atoms with Gasteiger partial charge in [-0.25, -0.2) is 8.78 Å². The van der Waals surface area contributed by atoms with Crippen LogP contribution in [0.15, 0.2) is 12.7 Å². The molecule has 0 amide bonds. The van der Waals surface area contributed by atoms with Gasteiger partial charge in [0.15, 0.2) is 0 Å². The van der Waals surface area contributed by atoms with E-state index in [2.05, 4.69) is 6.58 Å². The van der Waals surface area contributed by atoms with Crippen molar-refractivity contribution in [2.24, 2.45) is 0 Å². The van der Waals surface area contributed by atoms with Gasteiger partial charge in [0, 0.05) is 6.42 Å². The molecule has 0 radical (unpaired) electrons. The largest absolute Gasteiger partial charge is 0.238 e. The van der Waals surface area contributed by atoms with Crippen LogP contribution in [-0.4, -0.2) is 6.43 Å². The van der Waals surface area contributed by atoms with E-state index in [-0.39, 0.29) is 6.42 Å². The van der Waals surface area contributed by atoms with E-state index in [1.165, 1.54) is 0 Å². The third-order valence-electron chi connectivity index (χ3n) is 1.33. The highest BCUT2D eigenvalue weighted by molar-refractivity contribution is 4.65. The van der Waals surface area contributed by atoms with Crippen LogP contribution in [-0.2, 0) is 0 Å². The van der Waals surface area contributed by atoms with Gasteiger partial charge in [0.05, 0.1) is 0 Å². The number of alkyl halides is 2. The van der Waals surface area contributed by atoms with Gasteiger partial charge in [-0.2, -0.15) is 0 Å². The first-order valence-electron chi connectivity index (χ1n) is 3.66. The fourth-order valence-electron chi connectivity index (χ4n) is 0.764. The SMILES string of the molecule is C=CCCCCCC(F)F. The molecule has 0 saturated heterocycles. The molecule has 0 aliphatic carbocycles. The van der Waals surface area contributed by atoms with E-state index in [0.29, 0.717) is 6.42 Å². The van der Waals surface area contributed by atoms with Crippen molar-refractivity contribution in [1.82, 2.24) is 0 Å². The summed E-state index contributed by atoms with van der Waals surface area (Å²) in [6, 6.07) is 0. The van der Waals surface area contributed by atoms with Gasteiger partial charge < -0.3 is 0 Å². The van der Waals surface area contributed by atoms with Crippen LogP contribution in [0, 0.1) is 0 Å². The molecule has 10 heavy (non-hydrogen) atoms. The van der Waals surface area contributed by atoms with Crippen molar-refractivity contribution in [3.05, 3.63) is 12.7 Å². The summed E-state index contributed by atoms with van der Waals surface area (Å²) in [7, 11) is 0. The number of hydrogen-bond acceptors (Lipinski definition) is 0. The van der Waals surface area contributed by atoms with E-state index >= 15 is 0 Å². The molecule has 0 fully saturated rings. The summed E-state index contributed by atoms with van der Waals surface area (Å²) < 4.78 is 23.0. The molecule has 0 bridgehead atoms. The number of rotatable bonds is 6. The first kappa shape index (κ1) is 9.60. The molecule has 0 atom stereocenters. The van der Waals surface area contributed by atoms with Gasteiger partial charge >= 0.3 is 0 Å². The highest BCUT2D eigenvalue weighted by Gasteiger charge is 1.99. The van der Waals surface area contributed by atoms with Crippen LogP contribution in [0.5, 0.6) is 0 Å². The summed E-state index contributed by atoms with van der Waals surface area (Å²) in [5.41, 5.74) is 0. The molecule has 2 heteroatoms. The first-order valence-corrected chi connectivity index (χ1v) is 3.66. The Labute approximate surface area is 60.9 Å². The molecule has 0 saturated carbocycles. The van der Waals surface area contributed by atoms with Crippen LogP contribution in [0.2, 0.25) is 0 Å². The lowest BCUT2D eigenvalue weighted by atomic mass is 10.1. The standard InChI is InChI=1S/C8H14F2/c1-2-3-4-5-6-7-8(9)10/h2,8H,1,3-7H2. The Morgan fingerprint density at radius 3 is 2.40 bits per heavy atom. The molecular formula is C8H14F2. The topological polar surface area (TPSA) is 0 Å². The van der Waals surface area contributed by atoms with Gasteiger partial charge in [-0.15, -0.1) is 6.58 Å². The predicted molar refractivity (Wildman–Crippen MR) is 39.3 cm³/mol. The van der Waals surface area contributed by atoms with Crippen LogP contribution in [0.25, 0.3) is 0 Å². The summed E-state index contributed by atoms with van der Waals surface area (Å²) in [5.74, 6) is 0. The highest BCUT2D eigenvalue weighted by atomic mass is 19.3. The van der Waals surface area contributed by atoms with Crippen molar-refractivity contribution < 1.29 is 8.78 Å². The zero-order valence-corrected chi connectivity index (χ0v) is 6.15. The molecule has 0 heterocycles. The number of hydrogen-bond donors (Lipinski definition) is 0. The molecule has 0 N–H and O–H groups in total. The number of halogens is 2. The van der Waals surface area contributed by atoms with Crippen LogP contribution in [0.3, 0.4) is 0 Å². The fourth-order valence-corrected chi connectivity index (χ4v) is 0.764. The molecule has 0 aromatic heterocycles. The second kappa shape index (κ2) is 6.72. The van der Waals surface area contributed by atoms with Gasteiger partial charge in [-0.3, -0.25) is 0 Å². The maximum atomic E-state index is 11.5. The Balaban J connectivity index is 2.83. The summed E-state index contributed by atoms with van der Waals surface area (Å²) in [4.78, 5) is 0. The lowest BCUT2D eigenvalue weighted by Gasteiger charge is -1.97. The van der Waals surface area contributed by atoms with Gasteiger partial charge in [0.1, 0.15) is 0 Å². The smallest absolute Gasteiger partial charge is 0.211 e. The lowest BCUT2D eigenvalue weighted by Crippen LogP contribution is -1.88. The average Bonchev–Trinajstić information content (AvgIpc) is 1.87. The first-order chi connectivity index (χ1) is 4.77. The Hall–Kier alpha value is -0.400. The maximum Gasteiger partial charge on any atom is 0.238 e. The predicted octanol–water partition coefficient (Wildman–Crippen LogP) is 3.39. The van der Waals surface area contributed by atoms with Gasteiger partial charge in [-0.05, 0) is 19.3 Å². The Kier molecular flexibility index (Phi) is 6.45. The fraction of sp³-hybridized carbons (Fsp3) is 0.750. The number of unbranched alkanes of at least 4 members (excludes halogenated alkanes) is 3. The third-order valence-corrected chi connectivity index (χ3v) is 1.33. The maximum absolute atomic E-state index is 11.5. The minimum Gasteiger partial charge on any atom is -0.211 e. The molecule has 0 rings (SSSR count). The third kappa shape index (κ3) is 7.60. The molecule has 0 aromatic rings. The van der Waals surface area contributed by atoms with E-state index in [0.717, 1.165) is 19.3 Å². The van der Waals surface area contributed by atoms with Crippen molar-refractivity contribution in [1.29, 1.82) is 0 Å². The van der Waals surface area contributed by atoms with E-state index in [1.54, 1.807) is 0 Å². The molecule has 0 aliphatic rings. The Bertz CT molecular complexity index is 79.3. The zero-order chi connectivity index (χ0) is 7.82. The van der Waals surface area contributed by atoms with Crippen molar-refractivity contribution in [3.8, 4) is 0 Å². The summed E-state index contributed by atoms with van der Waals surface area (Å²) in [6.07, 6.45) is 3.24.